The van der Waals surface area contributed by atoms with E-state index in [4.69, 9.17) is 4.74 Å². The molecule has 0 aliphatic rings. The first kappa shape index (κ1) is 9.05. The van der Waals surface area contributed by atoms with Gasteiger partial charge >= 0.3 is 0 Å². The Labute approximate surface area is 61.5 Å². The molecule has 2 heteroatoms. The first-order valence-corrected chi connectivity index (χ1v) is 4.48. The van der Waals surface area contributed by atoms with Gasteiger partial charge in [-0.15, -0.1) is 18.3 Å². The predicted molar refractivity (Wildman–Crippen MR) is 43.8 cm³/mol. The molecule has 0 aromatic rings. The van der Waals surface area contributed by atoms with Gasteiger partial charge in [0.05, 0.1) is 5.94 Å². The van der Waals surface area contributed by atoms with E-state index in [1.165, 1.54) is 0 Å². The highest BCUT2D eigenvalue weighted by Gasteiger charge is 1.83. The number of thioether (sulfide) groups is 1. The summed E-state index contributed by atoms with van der Waals surface area (Å²) in [5.74, 6) is 0.817. The number of allylic oxidation sites excluding steroid dienone is 1. The van der Waals surface area contributed by atoms with Gasteiger partial charge < -0.3 is 4.74 Å². The summed E-state index contributed by atoms with van der Waals surface area (Å²) >= 11 is 1.71. The highest BCUT2D eigenvalue weighted by atomic mass is 32.2. The van der Waals surface area contributed by atoms with Crippen LogP contribution in [0.5, 0.6) is 0 Å². The average Bonchev–Trinajstić information content (AvgIpc) is 1.89. The van der Waals surface area contributed by atoms with Gasteiger partial charge in [-0.25, -0.2) is 0 Å². The molecule has 0 atom stereocenters. The SMILES string of the molecule is C=CCCCOCSC. The molecule has 9 heavy (non-hydrogen) atoms. The molecule has 0 N–H and O–H groups in total. The molecule has 0 aromatic carbocycles. The number of hydrogen-bond donors (Lipinski definition) is 0. The minimum atomic E-state index is 0.817. The second kappa shape index (κ2) is 8.05. The second-order valence-corrected chi connectivity index (χ2v) is 2.56. The molecule has 0 aliphatic carbocycles. The maximum atomic E-state index is 5.20. The van der Waals surface area contributed by atoms with Crippen LogP contribution in [-0.2, 0) is 4.74 Å². The summed E-state index contributed by atoms with van der Waals surface area (Å²) in [5, 5.41) is 0. The first-order chi connectivity index (χ1) is 4.41. The molecule has 0 fully saturated rings. The number of unbranched alkanes of at least 4 members (excludes halogenated alkanes) is 1. The summed E-state index contributed by atoms with van der Waals surface area (Å²) in [7, 11) is 0. The quantitative estimate of drug-likeness (QED) is 0.323. The van der Waals surface area contributed by atoms with Crippen molar-refractivity contribution in [1.82, 2.24) is 0 Å². The third kappa shape index (κ3) is 8.05. The minimum Gasteiger partial charge on any atom is -0.371 e. The molecular weight excluding hydrogens is 132 g/mol. The lowest BCUT2D eigenvalue weighted by molar-refractivity contribution is 0.180. The van der Waals surface area contributed by atoms with Gasteiger partial charge in [-0.3, -0.25) is 0 Å². The molecule has 0 heterocycles. The van der Waals surface area contributed by atoms with E-state index in [0.717, 1.165) is 25.4 Å². The zero-order valence-electron chi connectivity index (χ0n) is 5.93. The molecular formula is C7H14OS. The van der Waals surface area contributed by atoms with E-state index >= 15 is 0 Å². The lowest BCUT2D eigenvalue weighted by Crippen LogP contribution is -1.91. The molecule has 0 amide bonds. The molecule has 1 nitrogen and oxygen atoms in total. The van der Waals surface area contributed by atoms with Crippen LogP contribution in [0.3, 0.4) is 0 Å². The lowest BCUT2D eigenvalue weighted by Gasteiger charge is -1.97. The molecule has 0 radical (unpaired) electrons. The number of hydrogen-bond acceptors (Lipinski definition) is 2. The van der Waals surface area contributed by atoms with E-state index in [9.17, 15) is 0 Å². The molecule has 0 aromatic heterocycles. The summed E-state index contributed by atoms with van der Waals surface area (Å²) in [6, 6.07) is 0. The maximum absolute atomic E-state index is 5.20. The number of rotatable bonds is 6. The predicted octanol–water partition coefficient (Wildman–Crippen LogP) is 2.29. The van der Waals surface area contributed by atoms with Gasteiger partial charge in [0, 0.05) is 6.61 Å². The fourth-order valence-electron chi connectivity index (χ4n) is 0.472. The van der Waals surface area contributed by atoms with Gasteiger partial charge in [-0.1, -0.05) is 6.08 Å². The van der Waals surface area contributed by atoms with Crippen molar-refractivity contribution in [3.05, 3.63) is 12.7 Å². The average molecular weight is 146 g/mol. The Kier molecular flexibility index (Phi) is 8.09. The van der Waals surface area contributed by atoms with Crippen molar-refractivity contribution in [2.24, 2.45) is 0 Å². The molecule has 0 spiro atoms. The topological polar surface area (TPSA) is 9.23 Å². The highest BCUT2D eigenvalue weighted by molar-refractivity contribution is 7.98. The van der Waals surface area contributed by atoms with E-state index in [0.29, 0.717) is 0 Å². The van der Waals surface area contributed by atoms with E-state index in [2.05, 4.69) is 6.58 Å². The van der Waals surface area contributed by atoms with Gasteiger partial charge in [0.2, 0.25) is 0 Å². The Morgan fingerprint density at radius 3 is 3.00 bits per heavy atom. The molecule has 54 valence electrons. The summed E-state index contributed by atoms with van der Waals surface area (Å²) < 4.78 is 5.20. The van der Waals surface area contributed by atoms with Gasteiger partial charge in [0.25, 0.3) is 0 Å². The van der Waals surface area contributed by atoms with Crippen molar-refractivity contribution < 1.29 is 4.74 Å². The second-order valence-electron chi connectivity index (χ2n) is 1.75. The van der Waals surface area contributed by atoms with Gasteiger partial charge in [0.1, 0.15) is 0 Å². The zero-order valence-corrected chi connectivity index (χ0v) is 6.75. The van der Waals surface area contributed by atoms with Crippen molar-refractivity contribution in [1.29, 1.82) is 0 Å². The smallest absolute Gasteiger partial charge is 0.0918 e. The zero-order chi connectivity index (χ0) is 6.95. The minimum absolute atomic E-state index is 0.817. The monoisotopic (exact) mass is 146 g/mol. The molecule has 0 bridgehead atoms. The molecule has 0 saturated carbocycles. The third-order valence-corrected chi connectivity index (χ3v) is 1.30. The number of ether oxygens (including phenoxy) is 1. The highest BCUT2D eigenvalue weighted by Crippen LogP contribution is 1.95. The Balaban J connectivity index is 2.66. The summed E-state index contributed by atoms with van der Waals surface area (Å²) in [4.78, 5) is 0. The lowest BCUT2D eigenvalue weighted by atomic mass is 10.3. The Morgan fingerprint density at radius 2 is 2.44 bits per heavy atom. The van der Waals surface area contributed by atoms with Gasteiger partial charge in [-0.2, -0.15) is 0 Å². The standard InChI is InChI=1S/C7H14OS/c1-3-4-5-6-8-7-9-2/h3H,1,4-7H2,2H3. The van der Waals surface area contributed by atoms with Crippen molar-refractivity contribution in [2.45, 2.75) is 12.8 Å². The maximum Gasteiger partial charge on any atom is 0.0918 e. The van der Waals surface area contributed by atoms with Crippen molar-refractivity contribution in [2.75, 3.05) is 18.8 Å². The van der Waals surface area contributed by atoms with Crippen LogP contribution in [0.25, 0.3) is 0 Å². The summed E-state index contributed by atoms with van der Waals surface area (Å²) in [6.07, 6.45) is 6.12. The normalized spacial score (nSPS) is 9.44. The van der Waals surface area contributed by atoms with Crippen molar-refractivity contribution in [3.63, 3.8) is 0 Å². The first-order valence-electron chi connectivity index (χ1n) is 3.09. The molecule has 0 aliphatic heterocycles. The van der Waals surface area contributed by atoms with Crippen LogP contribution in [0, 0.1) is 0 Å². The van der Waals surface area contributed by atoms with E-state index in [1.807, 2.05) is 12.3 Å². The molecule has 0 rings (SSSR count). The van der Waals surface area contributed by atoms with E-state index in [-0.39, 0.29) is 0 Å². The van der Waals surface area contributed by atoms with E-state index < -0.39 is 0 Å². The van der Waals surface area contributed by atoms with Crippen LogP contribution >= 0.6 is 11.8 Å². The van der Waals surface area contributed by atoms with Crippen LogP contribution in [0.15, 0.2) is 12.7 Å². The van der Waals surface area contributed by atoms with Gasteiger partial charge in [0.15, 0.2) is 0 Å². The van der Waals surface area contributed by atoms with Crippen LogP contribution in [0.4, 0.5) is 0 Å². The van der Waals surface area contributed by atoms with E-state index in [1.54, 1.807) is 11.8 Å². The third-order valence-electron chi connectivity index (χ3n) is 0.898. The summed E-state index contributed by atoms with van der Waals surface area (Å²) in [5.41, 5.74) is 0. The van der Waals surface area contributed by atoms with Crippen molar-refractivity contribution >= 4 is 11.8 Å². The van der Waals surface area contributed by atoms with Crippen LogP contribution < -0.4 is 0 Å². The Morgan fingerprint density at radius 1 is 1.67 bits per heavy atom. The fraction of sp³-hybridized carbons (Fsp3) is 0.714. The van der Waals surface area contributed by atoms with Crippen LogP contribution in [0.2, 0.25) is 0 Å². The van der Waals surface area contributed by atoms with Crippen LogP contribution in [0.1, 0.15) is 12.8 Å². The largest absolute Gasteiger partial charge is 0.371 e. The molecule has 0 saturated heterocycles. The van der Waals surface area contributed by atoms with Crippen molar-refractivity contribution in [3.8, 4) is 0 Å². The van der Waals surface area contributed by atoms with Crippen LogP contribution in [-0.4, -0.2) is 18.8 Å². The fourth-order valence-corrected chi connectivity index (χ4v) is 0.757. The Hall–Kier alpha value is 0.0500. The Bertz CT molecular complexity index is 63.9. The molecule has 0 unspecified atom stereocenters. The van der Waals surface area contributed by atoms with Gasteiger partial charge in [-0.05, 0) is 19.1 Å². The summed E-state index contributed by atoms with van der Waals surface area (Å²) in [6.45, 7) is 4.49.